The summed E-state index contributed by atoms with van der Waals surface area (Å²) in [5.41, 5.74) is 0.598. The van der Waals surface area contributed by atoms with E-state index in [4.69, 9.17) is 21.1 Å². The number of ether oxygens (including phenoxy) is 2. The maximum absolute atomic E-state index is 12.8. The number of likely N-dealkylation sites (tertiary alicyclic amines) is 2. The number of amides is 1. The van der Waals surface area contributed by atoms with Crippen molar-refractivity contribution in [2.45, 2.75) is 25.3 Å². The number of nitrogens with zero attached hydrogens (tertiary/aromatic N) is 2. The molecule has 2 aliphatic heterocycles. The Bertz CT molecular complexity index is 629. The number of rotatable bonds is 5. The quantitative estimate of drug-likeness (QED) is 0.803. The maximum atomic E-state index is 12.8. The second-order valence-electron chi connectivity index (χ2n) is 7.17. The molecule has 2 aliphatic rings. The van der Waals surface area contributed by atoms with Crippen molar-refractivity contribution in [1.29, 1.82) is 0 Å². The lowest BCUT2D eigenvalue weighted by molar-refractivity contribution is -0.0751. The molecular weight excluding hydrogens is 340 g/mol. The predicted octanol–water partition coefficient (Wildman–Crippen LogP) is 2.92. The molecule has 0 radical (unpaired) electrons. The fourth-order valence-corrected chi connectivity index (χ4v) is 4.18. The van der Waals surface area contributed by atoms with E-state index in [0.717, 1.165) is 45.7 Å². The lowest BCUT2D eigenvalue weighted by atomic mass is 9.75. The van der Waals surface area contributed by atoms with Crippen molar-refractivity contribution < 1.29 is 14.3 Å². The van der Waals surface area contributed by atoms with E-state index in [1.807, 2.05) is 11.8 Å². The summed E-state index contributed by atoms with van der Waals surface area (Å²) in [5, 5.41) is 0.470. The van der Waals surface area contributed by atoms with Crippen LogP contribution in [0.3, 0.4) is 0 Å². The molecule has 1 aromatic rings. The number of likely N-dealkylation sites (N-methyl/N-ethyl adjacent to an activating group) is 1. The highest BCUT2D eigenvalue weighted by Crippen LogP contribution is 2.39. The van der Waals surface area contributed by atoms with E-state index in [2.05, 4.69) is 11.9 Å². The fraction of sp³-hybridized carbons (Fsp3) is 0.632. The van der Waals surface area contributed by atoms with E-state index in [-0.39, 0.29) is 11.4 Å². The summed E-state index contributed by atoms with van der Waals surface area (Å²) in [6.07, 6.45) is 2.24. The molecule has 0 aromatic heterocycles. The molecule has 2 heterocycles. The largest absolute Gasteiger partial charge is 0.497 e. The molecule has 0 N–H and O–H groups in total. The van der Waals surface area contributed by atoms with Crippen molar-refractivity contribution in [3.63, 3.8) is 0 Å². The van der Waals surface area contributed by atoms with Crippen molar-refractivity contribution in [1.82, 2.24) is 9.80 Å². The number of carbonyl (C=O) groups is 1. The first kappa shape index (κ1) is 18.5. The Labute approximate surface area is 154 Å². The molecule has 1 aromatic carbocycles. The molecule has 2 saturated heterocycles. The highest BCUT2D eigenvalue weighted by molar-refractivity contribution is 6.33. The summed E-state index contributed by atoms with van der Waals surface area (Å²) < 4.78 is 10.8. The zero-order chi connectivity index (χ0) is 18.0. The third kappa shape index (κ3) is 3.64. The number of hydrogen-bond acceptors (Lipinski definition) is 4. The minimum Gasteiger partial charge on any atom is -0.497 e. The van der Waals surface area contributed by atoms with Gasteiger partial charge in [-0.25, -0.2) is 0 Å². The van der Waals surface area contributed by atoms with E-state index >= 15 is 0 Å². The molecule has 1 amide bonds. The Balaban J connectivity index is 1.67. The number of piperidine rings is 1. The lowest BCUT2D eigenvalue weighted by Crippen LogP contribution is -2.72. The van der Waals surface area contributed by atoms with Crippen LogP contribution in [-0.2, 0) is 4.74 Å². The van der Waals surface area contributed by atoms with Gasteiger partial charge in [0.15, 0.2) is 0 Å². The number of methoxy groups -OCH3 is 1. The van der Waals surface area contributed by atoms with E-state index in [1.54, 1.807) is 25.3 Å². The van der Waals surface area contributed by atoms with Gasteiger partial charge in [-0.3, -0.25) is 9.69 Å². The zero-order valence-corrected chi connectivity index (χ0v) is 16.0. The Hall–Kier alpha value is -1.30. The van der Waals surface area contributed by atoms with Gasteiger partial charge in [-0.2, -0.15) is 0 Å². The molecule has 0 bridgehead atoms. The Morgan fingerprint density at radius 3 is 2.84 bits per heavy atom. The topological polar surface area (TPSA) is 42.0 Å². The first-order valence-corrected chi connectivity index (χ1v) is 9.28. The van der Waals surface area contributed by atoms with E-state index < -0.39 is 0 Å². The van der Waals surface area contributed by atoms with Crippen LogP contribution >= 0.6 is 11.6 Å². The van der Waals surface area contributed by atoms with E-state index in [9.17, 15) is 4.79 Å². The van der Waals surface area contributed by atoms with Gasteiger partial charge in [0.2, 0.25) is 0 Å². The number of carbonyl (C=O) groups excluding carboxylic acids is 1. The average Bonchev–Trinajstić information content (AvgIpc) is 2.59. The first-order chi connectivity index (χ1) is 12.0. The van der Waals surface area contributed by atoms with Crippen LogP contribution in [0.25, 0.3) is 0 Å². The summed E-state index contributed by atoms with van der Waals surface area (Å²) in [4.78, 5) is 17.1. The van der Waals surface area contributed by atoms with Crippen LogP contribution in [0.4, 0.5) is 0 Å². The molecule has 1 spiro atoms. The van der Waals surface area contributed by atoms with Gasteiger partial charge in [0.05, 0.1) is 23.2 Å². The Kier molecular flexibility index (Phi) is 5.56. The smallest absolute Gasteiger partial charge is 0.255 e. The summed E-state index contributed by atoms with van der Waals surface area (Å²) in [6.45, 7) is 6.17. The second kappa shape index (κ2) is 7.52. The number of benzene rings is 1. The fourth-order valence-electron chi connectivity index (χ4n) is 3.98. The standard InChI is InChI=1S/C19H27ClN2O3/c1-4-25-11-14-7-8-21(2)19(10-14)12-22(13-19)18(23)16-9-15(24-3)5-6-17(16)20/h5-6,9,14H,4,7-8,10-13H2,1-3H3. The van der Waals surface area contributed by atoms with Crippen molar-refractivity contribution >= 4 is 17.5 Å². The lowest BCUT2D eigenvalue weighted by Gasteiger charge is -2.58. The third-order valence-corrected chi connectivity index (χ3v) is 5.90. The third-order valence-electron chi connectivity index (χ3n) is 5.57. The first-order valence-electron chi connectivity index (χ1n) is 8.91. The Morgan fingerprint density at radius 1 is 1.40 bits per heavy atom. The van der Waals surface area contributed by atoms with Gasteiger partial charge in [-0.15, -0.1) is 0 Å². The number of hydrogen-bond donors (Lipinski definition) is 0. The average molecular weight is 367 g/mol. The molecule has 5 nitrogen and oxygen atoms in total. The van der Waals surface area contributed by atoms with Crippen LogP contribution in [0.15, 0.2) is 18.2 Å². The van der Waals surface area contributed by atoms with Crippen LogP contribution < -0.4 is 4.74 Å². The van der Waals surface area contributed by atoms with Crippen molar-refractivity contribution in [2.24, 2.45) is 5.92 Å². The van der Waals surface area contributed by atoms with Crippen molar-refractivity contribution in [3.8, 4) is 5.75 Å². The predicted molar refractivity (Wildman–Crippen MR) is 98.5 cm³/mol. The van der Waals surface area contributed by atoms with Crippen LogP contribution in [0.2, 0.25) is 5.02 Å². The molecule has 138 valence electrons. The summed E-state index contributed by atoms with van der Waals surface area (Å²) in [6, 6.07) is 5.20. The van der Waals surface area contributed by atoms with Crippen molar-refractivity contribution in [3.05, 3.63) is 28.8 Å². The molecule has 3 rings (SSSR count). The summed E-state index contributed by atoms with van der Waals surface area (Å²) >= 11 is 6.23. The van der Waals surface area contributed by atoms with Crippen LogP contribution in [-0.4, -0.2) is 68.3 Å². The molecule has 0 saturated carbocycles. The molecule has 25 heavy (non-hydrogen) atoms. The van der Waals surface area contributed by atoms with E-state index in [1.165, 1.54) is 0 Å². The van der Waals surface area contributed by atoms with Crippen LogP contribution in [0.1, 0.15) is 30.1 Å². The molecule has 6 heteroatoms. The maximum Gasteiger partial charge on any atom is 0.255 e. The van der Waals surface area contributed by atoms with Crippen molar-refractivity contribution in [2.75, 3.05) is 47.0 Å². The van der Waals surface area contributed by atoms with Gasteiger partial charge in [0, 0.05) is 26.3 Å². The van der Waals surface area contributed by atoms with E-state index in [0.29, 0.717) is 22.3 Å². The minimum absolute atomic E-state index is 0.0187. The molecular formula is C19H27ClN2O3. The van der Waals surface area contributed by atoms with Gasteiger partial charge in [-0.1, -0.05) is 11.6 Å². The Morgan fingerprint density at radius 2 is 2.16 bits per heavy atom. The van der Waals surface area contributed by atoms with Gasteiger partial charge < -0.3 is 14.4 Å². The van der Waals surface area contributed by atoms with Gasteiger partial charge >= 0.3 is 0 Å². The van der Waals surface area contributed by atoms with Gasteiger partial charge in [0.25, 0.3) is 5.91 Å². The molecule has 1 atom stereocenters. The van der Waals surface area contributed by atoms with Crippen LogP contribution in [0, 0.1) is 5.92 Å². The minimum atomic E-state index is -0.0187. The SMILES string of the molecule is CCOCC1CCN(C)C2(C1)CN(C(=O)c1cc(OC)ccc1Cl)C2. The zero-order valence-electron chi connectivity index (χ0n) is 15.3. The monoisotopic (exact) mass is 366 g/mol. The van der Waals surface area contributed by atoms with Crippen LogP contribution in [0.5, 0.6) is 5.75 Å². The normalized spacial score (nSPS) is 22.7. The molecule has 1 unspecified atom stereocenters. The number of halogens is 1. The summed E-state index contributed by atoms with van der Waals surface area (Å²) in [5.74, 6) is 1.21. The molecule has 2 fully saturated rings. The second-order valence-corrected chi connectivity index (χ2v) is 7.58. The highest BCUT2D eigenvalue weighted by Gasteiger charge is 2.51. The van der Waals surface area contributed by atoms with Gasteiger partial charge in [0.1, 0.15) is 5.75 Å². The summed E-state index contributed by atoms with van der Waals surface area (Å²) in [7, 11) is 3.75. The highest BCUT2D eigenvalue weighted by atomic mass is 35.5. The van der Waals surface area contributed by atoms with Gasteiger partial charge in [-0.05, 0) is 57.5 Å². The molecule has 0 aliphatic carbocycles.